The molecule has 20 N–H and O–H groups in total. The van der Waals surface area contributed by atoms with E-state index in [-0.39, 0.29) is 151 Å². The summed E-state index contributed by atoms with van der Waals surface area (Å²) in [6, 6.07) is 1.58. The van der Waals surface area contributed by atoms with Gasteiger partial charge in [-0.3, -0.25) is 77.5 Å². The number of hydrogen-bond acceptors (Lipinski definition) is 18. The van der Waals surface area contributed by atoms with Crippen molar-refractivity contribution in [1.82, 2.24) is 58.5 Å². The van der Waals surface area contributed by atoms with Crippen LogP contribution in [-0.4, -0.2) is 190 Å². The Morgan fingerprint density at radius 3 is 1.45 bits per heavy atom. The molecule has 0 saturated carbocycles. The predicted octanol–water partition coefficient (Wildman–Crippen LogP) is -1.66. The summed E-state index contributed by atoms with van der Waals surface area (Å²) >= 11 is 0. The second-order valence-corrected chi connectivity index (χ2v) is 24.7. The lowest BCUT2D eigenvalue weighted by Gasteiger charge is -2.26. The van der Waals surface area contributed by atoms with Gasteiger partial charge in [-0.05, 0) is 125 Å². The number of rotatable bonds is 32. The summed E-state index contributed by atoms with van der Waals surface area (Å²) in [5.41, 5.74) is 12.1. The van der Waals surface area contributed by atoms with Gasteiger partial charge in [-0.15, -0.1) is 0 Å². The van der Waals surface area contributed by atoms with Crippen molar-refractivity contribution in [3.05, 3.63) is 59.7 Å². The topological polar surface area (TPSA) is 540 Å². The summed E-state index contributed by atoms with van der Waals surface area (Å²) in [7, 11) is 0. The molecule has 11 amide bonds. The number of aliphatic imine (C=N–C) groups is 1. The van der Waals surface area contributed by atoms with Gasteiger partial charge in [0.15, 0.2) is 5.78 Å². The van der Waals surface area contributed by atoms with E-state index in [1.54, 1.807) is 6.92 Å². The van der Waals surface area contributed by atoms with E-state index >= 15 is 0 Å². The first kappa shape index (κ1) is 80.2. The number of aliphatic carboxylic acids is 2. The molecule has 2 aliphatic rings. The average Bonchev–Trinajstić information content (AvgIpc) is 1.31. The Labute approximate surface area is 567 Å². The van der Waals surface area contributed by atoms with Gasteiger partial charge in [0, 0.05) is 51.2 Å². The van der Waals surface area contributed by atoms with Gasteiger partial charge in [0.1, 0.15) is 47.8 Å². The van der Waals surface area contributed by atoms with Crippen molar-refractivity contribution in [2.24, 2.45) is 34.2 Å². The van der Waals surface area contributed by atoms with E-state index in [4.69, 9.17) is 16.9 Å². The Morgan fingerprint density at radius 2 is 0.959 bits per heavy atom. The third-order valence-electron chi connectivity index (χ3n) is 16.2. The standard InChI is InChI=1S/C65H95N15O18/c1-36(2)43(59(92)71-27-9-7-13-47-64(97)79-49(30-39-18-22-42(82)23-19-39)65(98)80-50(33-57(89)90)60(93)73-35-55(86)74-44(61(94)77-47)11-4-5-15-52(67)68)24-25-53(84)70-26-8-6-12-46-63(96)78-48(29-38-16-20-41(81)21-17-38)51(83)31-40(32-56(87)88)58(91)72-34-54(85)75-45(62(95)76-46)14-10-28-69-37(3)66/h16-23,36,40,43-50,81-82H,4-15,24-35H2,1-3H3,(H2,66,69)(H3,67,68)(H,70,84)(H,71,92)(H,72,91)(H,73,93)(H,74,86)(H,75,85)(H,76,95)(H,77,94)(H,78,96)(H,79,97)(H,80,98)(H,87,88)(H,89,90)/t40-,43?,44-,45-,46?,47?,48?,49+,50-/m1/s1. The first-order valence-electron chi connectivity index (χ1n) is 32.8. The number of phenolic OH excluding ortho intramolecular Hbond substituents is 2. The van der Waals surface area contributed by atoms with Crippen LogP contribution in [-0.2, 0) is 80.0 Å². The number of aromatic hydroxyl groups is 2. The molecule has 0 radical (unpaired) electrons. The number of nitrogens with zero attached hydrogens (tertiary/aromatic N) is 1. The van der Waals surface area contributed by atoms with E-state index < -0.39 is 163 Å². The van der Waals surface area contributed by atoms with Crippen molar-refractivity contribution < 1.29 is 87.5 Å². The van der Waals surface area contributed by atoms with Crippen LogP contribution in [0.3, 0.4) is 0 Å². The number of ketones is 1. The van der Waals surface area contributed by atoms with Gasteiger partial charge >= 0.3 is 11.9 Å². The molecule has 0 spiro atoms. The molecule has 0 bridgehead atoms. The Hall–Kier alpha value is -10.2. The smallest absolute Gasteiger partial charge is 0.305 e. The molecule has 98 heavy (non-hydrogen) atoms. The van der Waals surface area contributed by atoms with Crippen LogP contribution in [0.1, 0.15) is 141 Å². The van der Waals surface area contributed by atoms with Gasteiger partial charge in [-0.2, -0.15) is 0 Å². The Morgan fingerprint density at radius 1 is 0.531 bits per heavy atom. The van der Waals surface area contributed by atoms with Crippen molar-refractivity contribution in [1.29, 1.82) is 5.41 Å². The van der Waals surface area contributed by atoms with Gasteiger partial charge in [0.2, 0.25) is 65.0 Å². The highest BCUT2D eigenvalue weighted by Crippen LogP contribution is 2.21. The van der Waals surface area contributed by atoms with Crippen molar-refractivity contribution in [2.45, 2.75) is 185 Å². The number of carboxylic acids is 2. The predicted molar refractivity (Wildman–Crippen MR) is 354 cm³/mol. The van der Waals surface area contributed by atoms with Crippen LogP contribution in [0.5, 0.6) is 11.5 Å². The molecule has 2 aromatic carbocycles. The SMILES string of the molecule is CC(N)=NCCC[C@H]1NC(=O)CNC(=O)[C@@H](CC(=O)O)CC(=O)C(Cc2ccc(O)cc2)NC(=O)C(CCCCNC(=O)CCC(C(=O)NCCCCC2NC(=O)[C@@H](CCCCC(=N)N)NC(=O)CNC(=O)[C@@H](CC(=O)O)NC(=O)[C@H](Cc3ccc(O)cc3)NC2=O)C(C)C)NC1=O. The maximum Gasteiger partial charge on any atom is 0.305 e. The number of carboxylic acid groups (broad SMARTS) is 2. The van der Waals surface area contributed by atoms with Gasteiger partial charge in [-0.25, -0.2) is 0 Å². The lowest BCUT2D eigenvalue weighted by Crippen LogP contribution is -2.58. The van der Waals surface area contributed by atoms with E-state index in [1.807, 2.05) is 13.8 Å². The van der Waals surface area contributed by atoms with Crippen LogP contribution in [0, 0.1) is 23.2 Å². The molecule has 4 unspecified atom stereocenters. The first-order valence-corrected chi connectivity index (χ1v) is 32.8. The minimum Gasteiger partial charge on any atom is -0.508 e. The van der Waals surface area contributed by atoms with Crippen molar-refractivity contribution in [2.75, 3.05) is 32.7 Å². The van der Waals surface area contributed by atoms with Gasteiger partial charge < -0.3 is 90.4 Å². The van der Waals surface area contributed by atoms with Crippen LogP contribution in [0.4, 0.5) is 0 Å². The van der Waals surface area contributed by atoms with Crippen LogP contribution in [0.25, 0.3) is 0 Å². The van der Waals surface area contributed by atoms with Crippen molar-refractivity contribution >= 4 is 94.4 Å². The fourth-order valence-electron chi connectivity index (χ4n) is 10.8. The molecular weight excluding hydrogens is 1280 g/mol. The molecule has 9 atom stereocenters. The quantitative estimate of drug-likeness (QED) is 0.0221. The lowest BCUT2D eigenvalue weighted by molar-refractivity contribution is -0.142. The number of nitrogens with two attached hydrogens (primary N) is 2. The van der Waals surface area contributed by atoms with E-state index in [0.29, 0.717) is 17.5 Å². The number of unbranched alkanes of at least 4 members (excludes halogenated alkanes) is 3. The van der Waals surface area contributed by atoms with E-state index in [0.717, 1.165) is 0 Å². The zero-order chi connectivity index (χ0) is 72.4. The number of amidine groups is 2. The molecular formula is C65H95N15O18. The largest absolute Gasteiger partial charge is 0.508 e. The molecule has 0 aliphatic carbocycles. The normalized spacial score (nSPS) is 21.6. The Kier molecular flexibility index (Phi) is 34.1. The van der Waals surface area contributed by atoms with Gasteiger partial charge in [0.05, 0.1) is 49.6 Å². The molecule has 33 heteroatoms. The number of nitrogens with one attached hydrogen (secondary N) is 12. The van der Waals surface area contributed by atoms with E-state index in [9.17, 15) is 87.5 Å². The fourth-order valence-corrected chi connectivity index (χ4v) is 10.8. The minimum atomic E-state index is -1.71. The highest BCUT2D eigenvalue weighted by Gasteiger charge is 2.36. The molecule has 33 nitrogen and oxygen atoms in total. The van der Waals surface area contributed by atoms with Crippen LogP contribution in [0.15, 0.2) is 53.5 Å². The lowest BCUT2D eigenvalue weighted by atomic mass is 9.90. The maximum atomic E-state index is 14.3. The summed E-state index contributed by atoms with van der Waals surface area (Å²) < 4.78 is 0. The molecule has 2 fully saturated rings. The molecule has 2 saturated heterocycles. The van der Waals surface area contributed by atoms with Crippen molar-refractivity contribution in [3.8, 4) is 11.5 Å². The second-order valence-electron chi connectivity index (χ2n) is 24.7. The van der Waals surface area contributed by atoms with Gasteiger partial charge in [-0.1, -0.05) is 44.5 Å². The Bertz CT molecular complexity index is 3160. The number of phenols is 2. The number of Topliss-reactive ketones (excluding diaryl/α,β-unsaturated/α-hetero) is 1. The highest BCUT2D eigenvalue weighted by molar-refractivity contribution is 6.00. The zero-order valence-corrected chi connectivity index (χ0v) is 55.5. The number of benzene rings is 2. The average molecular weight is 1370 g/mol. The Balaban J connectivity index is 1.44. The second kappa shape index (κ2) is 41.7. The van der Waals surface area contributed by atoms with Crippen molar-refractivity contribution in [3.63, 3.8) is 0 Å². The fraction of sp³-hybridized carbons (Fsp3) is 0.569. The third kappa shape index (κ3) is 30.2. The zero-order valence-electron chi connectivity index (χ0n) is 55.5. The molecule has 0 aromatic heterocycles. The highest BCUT2D eigenvalue weighted by atomic mass is 16.4. The molecule has 538 valence electrons. The summed E-state index contributed by atoms with van der Waals surface area (Å²) in [5.74, 6) is -14.6. The molecule has 4 rings (SSSR count). The number of amides is 11. The summed E-state index contributed by atoms with van der Waals surface area (Å²) in [5, 5.41) is 75.2. The summed E-state index contributed by atoms with van der Waals surface area (Å²) in [6.07, 6.45) is -0.730. The van der Waals surface area contributed by atoms with Gasteiger partial charge in [0.25, 0.3) is 0 Å². The molecule has 2 aliphatic heterocycles. The number of hydrogen-bond donors (Lipinski definition) is 18. The summed E-state index contributed by atoms with van der Waals surface area (Å²) in [4.78, 5) is 192. The monoisotopic (exact) mass is 1370 g/mol. The number of carbonyl (C=O) groups is 14. The van der Waals surface area contributed by atoms with E-state index in [1.165, 1.54) is 48.5 Å². The maximum absolute atomic E-state index is 14.3. The summed E-state index contributed by atoms with van der Waals surface area (Å²) in [6.45, 7) is 4.15. The minimum absolute atomic E-state index is 0.0119. The van der Waals surface area contributed by atoms with Crippen LogP contribution >= 0.6 is 0 Å². The number of carbonyl (C=O) groups excluding carboxylic acids is 12. The van der Waals surface area contributed by atoms with Crippen LogP contribution < -0.4 is 70.0 Å². The van der Waals surface area contributed by atoms with E-state index in [2.05, 4.69) is 63.5 Å². The molecule has 2 heterocycles. The van der Waals surface area contributed by atoms with Crippen LogP contribution in [0.2, 0.25) is 0 Å². The third-order valence-corrected chi connectivity index (χ3v) is 16.2. The first-order chi connectivity index (χ1) is 46.5. The molecule has 2 aromatic rings.